The van der Waals surface area contributed by atoms with Crippen molar-refractivity contribution in [2.24, 2.45) is 5.73 Å². The minimum absolute atomic E-state index is 0.0231. The molecule has 6 heteroatoms. The molecule has 0 aromatic heterocycles. The molecular weight excluding hydrogens is 316 g/mol. The molecule has 2 rings (SSSR count). The molecule has 1 heterocycles. The number of hydrogen-bond donors (Lipinski definition) is 4. The third-order valence-corrected chi connectivity index (χ3v) is 4.41. The summed E-state index contributed by atoms with van der Waals surface area (Å²) in [6.45, 7) is 9.19. The van der Waals surface area contributed by atoms with E-state index < -0.39 is 11.8 Å². The van der Waals surface area contributed by atoms with Crippen molar-refractivity contribution in [2.45, 2.75) is 70.7 Å². The molecule has 1 aliphatic rings. The summed E-state index contributed by atoms with van der Waals surface area (Å²) in [5.74, 6) is -1.18. The first-order valence-corrected chi connectivity index (χ1v) is 8.76. The van der Waals surface area contributed by atoms with Gasteiger partial charge in [-0.1, -0.05) is 24.3 Å². The average molecular weight is 346 g/mol. The Morgan fingerprint density at radius 2 is 1.72 bits per heavy atom. The summed E-state index contributed by atoms with van der Waals surface area (Å²) in [5, 5.41) is 9.11. The molecule has 0 unspecified atom stereocenters. The van der Waals surface area contributed by atoms with Gasteiger partial charge in [0.05, 0.1) is 0 Å². The van der Waals surface area contributed by atoms with Crippen molar-refractivity contribution in [3.05, 3.63) is 35.4 Å². The predicted octanol–water partition coefficient (Wildman–Crippen LogP) is 1.19. The Bertz CT molecular complexity index is 624. The molecule has 1 fully saturated rings. The molecule has 2 amide bonds. The Kier molecular flexibility index (Phi) is 5.85. The van der Waals surface area contributed by atoms with Gasteiger partial charge in [0.25, 0.3) is 0 Å². The van der Waals surface area contributed by atoms with Crippen molar-refractivity contribution in [2.75, 3.05) is 0 Å². The highest BCUT2D eigenvalue weighted by atomic mass is 16.2. The fourth-order valence-electron chi connectivity index (χ4n) is 3.80. The third-order valence-electron chi connectivity index (χ3n) is 4.41. The van der Waals surface area contributed by atoms with Crippen LogP contribution in [0.25, 0.3) is 0 Å². The van der Waals surface area contributed by atoms with Crippen molar-refractivity contribution in [3.63, 3.8) is 0 Å². The van der Waals surface area contributed by atoms with E-state index in [-0.39, 0.29) is 17.1 Å². The van der Waals surface area contributed by atoms with E-state index in [2.05, 4.69) is 43.6 Å². The molecule has 1 aliphatic heterocycles. The van der Waals surface area contributed by atoms with E-state index in [9.17, 15) is 9.59 Å². The molecule has 0 atom stereocenters. The number of nitrogens with one attached hydrogen (secondary N) is 3. The molecule has 5 N–H and O–H groups in total. The Balaban J connectivity index is 1.88. The molecule has 25 heavy (non-hydrogen) atoms. The predicted molar refractivity (Wildman–Crippen MR) is 98.6 cm³/mol. The Labute approximate surface area is 149 Å². The number of carbonyl (C=O) groups excluding carboxylic acids is 2. The molecule has 1 aromatic rings. The average Bonchev–Trinajstić information content (AvgIpc) is 2.49. The monoisotopic (exact) mass is 346 g/mol. The second-order valence-electron chi connectivity index (χ2n) is 8.18. The fraction of sp³-hybridized carbons (Fsp3) is 0.579. The number of amides is 2. The van der Waals surface area contributed by atoms with Crippen LogP contribution >= 0.6 is 0 Å². The van der Waals surface area contributed by atoms with Crippen LogP contribution in [0, 0.1) is 0 Å². The highest BCUT2D eigenvalue weighted by Crippen LogP contribution is 2.28. The summed E-state index contributed by atoms with van der Waals surface area (Å²) in [5.41, 5.74) is 7.37. The van der Waals surface area contributed by atoms with Gasteiger partial charge in [0.2, 0.25) is 0 Å². The van der Waals surface area contributed by atoms with Crippen LogP contribution in [0.2, 0.25) is 0 Å². The number of piperidine rings is 1. The summed E-state index contributed by atoms with van der Waals surface area (Å²) in [6, 6.07) is 7.62. The maximum absolute atomic E-state index is 12.2. The van der Waals surface area contributed by atoms with E-state index in [0.717, 1.165) is 24.0 Å². The summed E-state index contributed by atoms with van der Waals surface area (Å²) in [4.78, 5) is 24.3. The van der Waals surface area contributed by atoms with Crippen LogP contribution in [0.4, 0.5) is 0 Å². The largest absolute Gasteiger partial charge is 0.345 e. The van der Waals surface area contributed by atoms with Gasteiger partial charge < -0.3 is 21.7 Å². The maximum Gasteiger partial charge on any atom is 0.309 e. The maximum atomic E-state index is 12.2. The lowest BCUT2D eigenvalue weighted by Gasteiger charge is -2.46. The van der Waals surface area contributed by atoms with Crippen molar-refractivity contribution >= 4 is 11.8 Å². The molecule has 1 aromatic carbocycles. The molecular formula is C19H30N4O2. The molecule has 0 radical (unpaired) electrons. The van der Waals surface area contributed by atoms with Crippen molar-refractivity contribution in [1.29, 1.82) is 0 Å². The molecule has 1 saturated heterocycles. The lowest BCUT2D eigenvalue weighted by molar-refractivity contribution is -0.140. The van der Waals surface area contributed by atoms with Crippen LogP contribution in [0.3, 0.4) is 0 Å². The van der Waals surface area contributed by atoms with Crippen molar-refractivity contribution < 1.29 is 9.59 Å². The van der Waals surface area contributed by atoms with E-state index in [1.807, 2.05) is 24.3 Å². The standard InChI is InChI=1S/C19H30N4O2/c1-18(2)9-15(10-19(3,4)23-18)22-17(25)16(24)21-12-14-7-5-6-13(8-14)11-20/h5-8,15,23H,9-12,20H2,1-4H3,(H,21,24)(H,22,25). The van der Waals surface area contributed by atoms with E-state index in [1.54, 1.807) is 0 Å². The summed E-state index contributed by atoms with van der Waals surface area (Å²) < 4.78 is 0. The number of carbonyl (C=O) groups is 2. The van der Waals surface area contributed by atoms with Crippen LogP contribution in [0.15, 0.2) is 24.3 Å². The number of benzene rings is 1. The fourth-order valence-corrected chi connectivity index (χ4v) is 3.80. The second-order valence-corrected chi connectivity index (χ2v) is 8.18. The van der Waals surface area contributed by atoms with Gasteiger partial charge in [-0.05, 0) is 51.7 Å². The van der Waals surface area contributed by atoms with Gasteiger partial charge in [-0.3, -0.25) is 9.59 Å². The first-order chi connectivity index (χ1) is 11.6. The van der Waals surface area contributed by atoms with Gasteiger partial charge in [-0.2, -0.15) is 0 Å². The van der Waals surface area contributed by atoms with Gasteiger partial charge in [-0.25, -0.2) is 0 Å². The molecule has 0 bridgehead atoms. The first-order valence-electron chi connectivity index (χ1n) is 8.76. The van der Waals surface area contributed by atoms with E-state index >= 15 is 0 Å². The highest BCUT2D eigenvalue weighted by Gasteiger charge is 2.38. The Morgan fingerprint density at radius 3 is 2.32 bits per heavy atom. The van der Waals surface area contributed by atoms with Crippen LogP contribution in [-0.2, 0) is 22.7 Å². The SMILES string of the molecule is CC1(C)CC(NC(=O)C(=O)NCc2cccc(CN)c2)CC(C)(C)N1. The lowest BCUT2D eigenvalue weighted by atomic mass is 9.79. The minimum Gasteiger partial charge on any atom is -0.345 e. The Morgan fingerprint density at radius 1 is 1.12 bits per heavy atom. The third kappa shape index (κ3) is 5.83. The van der Waals surface area contributed by atoms with Gasteiger partial charge in [0.15, 0.2) is 0 Å². The zero-order valence-corrected chi connectivity index (χ0v) is 15.6. The molecule has 0 saturated carbocycles. The van der Waals surface area contributed by atoms with Crippen LogP contribution in [0.1, 0.15) is 51.7 Å². The lowest BCUT2D eigenvalue weighted by Crippen LogP contribution is -2.62. The Hall–Kier alpha value is -1.92. The van der Waals surface area contributed by atoms with Crippen LogP contribution in [0.5, 0.6) is 0 Å². The smallest absolute Gasteiger partial charge is 0.309 e. The zero-order valence-electron chi connectivity index (χ0n) is 15.6. The molecule has 6 nitrogen and oxygen atoms in total. The number of rotatable bonds is 4. The number of nitrogens with two attached hydrogens (primary N) is 1. The van der Waals surface area contributed by atoms with Crippen LogP contribution in [-0.4, -0.2) is 28.9 Å². The van der Waals surface area contributed by atoms with Crippen molar-refractivity contribution in [1.82, 2.24) is 16.0 Å². The molecule has 0 aliphatic carbocycles. The first kappa shape index (κ1) is 19.4. The van der Waals surface area contributed by atoms with Gasteiger partial charge in [-0.15, -0.1) is 0 Å². The summed E-state index contributed by atoms with van der Waals surface area (Å²) in [6.07, 6.45) is 1.57. The topological polar surface area (TPSA) is 96.2 Å². The van der Waals surface area contributed by atoms with E-state index in [0.29, 0.717) is 13.1 Å². The normalized spacial score (nSPS) is 19.2. The van der Waals surface area contributed by atoms with E-state index in [4.69, 9.17) is 5.73 Å². The summed E-state index contributed by atoms with van der Waals surface area (Å²) >= 11 is 0. The van der Waals surface area contributed by atoms with Gasteiger partial charge >= 0.3 is 11.8 Å². The van der Waals surface area contributed by atoms with Crippen molar-refractivity contribution in [3.8, 4) is 0 Å². The quantitative estimate of drug-likeness (QED) is 0.616. The number of hydrogen-bond acceptors (Lipinski definition) is 4. The molecule has 138 valence electrons. The van der Waals surface area contributed by atoms with E-state index in [1.165, 1.54) is 0 Å². The zero-order chi connectivity index (χ0) is 18.7. The highest BCUT2D eigenvalue weighted by molar-refractivity contribution is 6.35. The van der Waals surface area contributed by atoms with Gasteiger partial charge in [0.1, 0.15) is 0 Å². The van der Waals surface area contributed by atoms with Gasteiger partial charge in [0, 0.05) is 30.2 Å². The summed E-state index contributed by atoms with van der Waals surface area (Å²) in [7, 11) is 0. The van der Waals surface area contributed by atoms with Crippen LogP contribution < -0.4 is 21.7 Å². The molecule has 0 spiro atoms. The minimum atomic E-state index is -0.604. The second kappa shape index (κ2) is 7.54.